The molecule has 2 rings (SSSR count). The van der Waals surface area contributed by atoms with E-state index in [0.29, 0.717) is 41.4 Å². The average molecular weight is 330 g/mol. The van der Waals surface area contributed by atoms with Gasteiger partial charge < -0.3 is 18.9 Å². The fourth-order valence-corrected chi connectivity index (χ4v) is 2.51. The van der Waals surface area contributed by atoms with Crippen LogP contribution in [0.5, 0.6) is 23.0 Å². The van der Waals surface area contributed by atoms with E-state index in [9.17, 15) is 4.79 Å². The Hall–Kier alpha value is -2.69. The van der Waals surface area contributed by atoms with Gasteiger partial charge in [0.15, 0.2) is 17.3 Å². The molecule has 0 saturated carbocycles. The summed E-state index contributed by atoms with van der Waals surface area (Å²) in [5, 5.41) is 0. The zero-order valence-corrected chi connectivity index (χ0v) is 14.4. The summed E-state index contributed by atoms with van der Waals surface area (Å²) in [4.78, 5) is 12.4. The maximum absolute atomic E-state index is 12.4. The van der Waals surface area contributed by atoms with Crippen LogP contribution < -0.4 is 18.9 Å². The number of ether oxygens (including phenoxy) is 4. The standard InChI is InChI=1S/C19H22O5/c1-21-15-7-5-6-13(10-15)17(20)9-8-14-11-16(22-2)12-18(23-3)19(14)24-4/h5-7,10-12H,8-9H2,1-4H3. The second-order valence-corrected chi connectivity index (χ2v) is 5.18. The van der Waals surface area contributed by atoms with Gasteiger partial charge in [-0.2, -0.15) is 0 Å². The normalized spacial score (nSPS) is 10.2. The number of benzene rings is 2. The highest BCUT2D eigenvalue weighted by atomic mass is 16.5. The van der Waals surface area contributed by atoms with E-state index in [1.54, 1.807) is 52.7 Å². The third-order valence-electron chi connectivity index (χ3n) is 3.78. The van der Waals surface area contributed by atoms with Crippen LogP contribution in [-0.2, 0) is 6.42 Å². The van der Waals surface area contributed by atoms with Gasteiger partial charge in [-0.3, -0.25) is 4.79 Å². The highest BCUT2D eigenvalue weighted by molar-refractivity contribution is 5.96. The molecule has 5 heteroatoms. The fraction of sp³-hybridized carbons (Fsp3) is 0.316. The van der Waals surface area contributed by atoms with Gasteiger partial charge in [-0.05, 0) is 24.6 Å². The minimum absolute atomic E-state index is 0.0396. The first-order chi connectivity index (χ1) is 11.6. The summed E-state index contributed by atoms with van der Waals surface area (Å²) in [5.74, 6) is 2.58. The summed E-state index contributed by atoms with van der Waals surface area (Å²) < 4.78 is 21.2. The van der Waals surface area contributed by atoms with E-state index < -0.39 is 0 Å². The molecule has 0 amide bonds. The van der Waals surface area contributed by atoms with Crippen molar-refractivity contribution in [1.82, 2.24) is 0 Å². The van der Waals surface area contributed by atoms with Crippen LogP contribution >= 0.6 is 0 Å². The molecule has 0 aliphatic rings. The van der Waals surface area contributed by atoms with Gasteiger partial charge in [0.1, 0.15) is 11.5 Å². The molecule has 5 nitrogen and oxygen atoms in total. The average Bonchev–Trinajstić information content (AvgIpc) is 2.64. The van der Waals surface area contributed by atoms with E-state index in [0.717, 1.165) is 5.56 Å². The lowest BCUT2D eigenvalue weighted by Gasteiger charge is -2.14. The third-order valence-corrected chi connectivity index (χ3v) is 3.78. The Labute approximate surface area is 142 Å². The Morgan fingerprint density at radius 2 is 1.62 bits per heavy atom. The number of Topliss-reactive ketones (excluding diaryl/α,β-unsaturated/α-hetero) is 1. The van der Waals surface area contributed by atoms with Crippen molar-refractivity contribution in [2.45, 2.75) is 12.8 Å². The Bertz CT molecular complexity index is 709. The number of carbonyl (C=O) groups excluding carboxylic acids is 1. The van der Waals surface area contributed by atoms with Crippen molar-refractivity contribution in [2.75, 3.05) is 28.4 Å². The monoisotopic (exact) mass is 330 g/mol. The van der Waals surface area contributed by atoms with Gasteiger partial charge in [-0.15, -0.1) is 0 Å². The molecule has 0 spiro atoms. The minimum Gasteiger partial charge on any atom is -0.497 e. The molecular weight excluding hydrogens is 308 g/mol. The van der Waals surface area contributed by atoms with Crippen LogP contribution in [0, 0.1) is 0 Å². The van der Waals surface area contributed by atoms with E-state index >= 15 is 0 Å². The quantitative estimate of drug-likeness (QED) is 0.693. The third kappa shape index (κ3) is 3.98. The smallest absolute Gasteiger partial charge is 0.164 e. The number of aryl methyl sites for hydroxylation is 1. The number of ketones is 1. The van der Waals surface area contributed by atoms with Gasteiger partial charge in [0.25, 0.3) is 0 Å². The number of methoxy groups -OCH3 is 4. The van der Waals surface area contributed by atoms with E-state index in [-0.39, 0.29) is 5.78 Å². The second kappa shape index (κ2) is 8.24. The molecule has 128 valence electrons. The topological polar surface area (TPSA) is 54.0 Å². The minimum atomic E-state index is 0.0396. The lowest BCUT2D eigenvalue weighted by atomic mass is 10.0. The highest BCUT2D eigenvalue weighted by Gasteiger charge is 2.15. The number of hydrogen-bond donors (Lipinski definition) is 0. The molecule has 0 aromatic heterocycles. The lowest BCUT2D eigenvalue weighted by molar-refractivity contribution is 0.0982. The van der Waals surface area contributed by atoms with Crippen molar-refractivity contribution in [3.63, 3.8) is 0 Å². The van der Waals surface area contributed by atoms with Crippen molar-refractivity contribution in [1.29, 1.82) is 0 Å². The predicted molar refractivity (Wildman–Crippen MR) is 91.7 cm³/mol. The molecule has 0 bridgehead atoms. The van der Waals surface area contributed by atoms with Crippen molar-refractivity contribution >= 4 is 5.78 Å². The van der Waals surface area contributed by atoms with Gasteiger partial charge in [0.05, 0.1) is 28.4 Å². The molecule has 0 radical (unpaired) electrons. The Morgan fingerprint density at radius 1 is 0.875 bits per heavy atom. The number of rotatable bonds is 8. The van der Waals surface area contributed by atoms with Crippen LogP contribution in [0.15, 0.2) is 36.4 Å². The van der Waals surface area contributed by atoms with E-state index in [4.69, 9.17) is 18.9 Å². The maximum atomic E-state index is 12.4. The van der Waals surface area contributed by atoms with Crippen LogP contribution in [0.1, 0.15) is 22.3 Å². The first kappa shape index (κ1) is 17.7. The molecule has 0 N–H and O–H groups in total. The van der Waals surface area contributed by atoms with E-state index in [1.165, 1.54) is 0 Å². The molecule has 2 aromatic rings. The Kier molecular flexibility index (Phi) is 6.07. The van der Waals surface area contributed by atoms with Gasteiger partial charge in [-0.1, -0.05) is 12.1 Å². The predicted octanol–water partition coefficient (Wildman–Crippen LogP) is 3.54. The maximum Gasteiger partial charge on any atom is 0.164 e. The zero-order chi connectivity index (χ0) is 17.5. The summed E-state index contributed by atoms with van der Waals surface area (Å²) in [6.45, 7) is 0. The molecule has 0 aliphatic heterocycles. The number of hydrogen-bond acceptors (Lipinski definition) is 5. The van der Waals surface area contributed by atoms with Gasteiger partial charge in [-0.25, -0.2) is 0 Å². The molecule has 0 atom stereocenters. The van der Waals surface area contributed by atoms with E-state index in [1.807, 2.05) is 12.1 Å². The Morgan fingerprint density at radius 3 is 2.25 bits per heavy atom. The van der Waals surface area contributed by atoms with Crippen LogP contribution in [0.3, 0.4) is 0 Å². The molecule has 0 heterocycles. The van der Waals surface area contributed by atoms with Gasteiger partial charge in [0.2, 0.25) is 0 Å². The first-order valence-corrected chi connectivity index (χ1v) is 7.59. The number of carbonyl (C=O) groups is 1. The van der Waals surface area contributed by atoms with E-state index in [2.05, 4.69) is 0 Å². The zero-order valence-electron chi connectivity index (χ0n) is 14.4. The first-order valence-electron chi connectivity index (χ1n) is 7.59. The second-order valence-electron chi connectivity index (χ2n) is 5.18. The molecule has 0 aliphatic carbocycles. The van der Waals surface area contributed by atoms with Crippen LogP contribution in [0.4, 0.5) is 0 Å². The van der Waals surface area contributed by atoms with Gasteiger partial charge >= 0.3 is 0 Å². The van der Waals surface area contributed by atoms with Crippen molar-refractivity contribution < 1.29 is 23.7 Å². The highest BCUT2D eigenvalue weighted by Crippen LogP contribution is 2.36. The lowest BCUT2D eigenvalue weighted by Crippen LogP contribution is -2.04. The largest absolute Gasteiger partial charge is 0.497 e. The van der Waals surface area contributed by atoms with Crippen LogP contribution in [0.25, 0.3) is 0 Å². The molecular formula is C19H22O5. The van der Waals surface area contributed by atoms with Crippen LogP contribution in [-0.4, -0.2) is 34.2 Å². The molecule has 2 aromatic carbocycles. The molecule has 0 unspecified atom stereocenters. The molecule has 0 fully saturated rings. The van der Waals surface area contributed by atoms with Gasteiger partial charge in [0, 0.05) is 23.6 Å². The summed E-state index contributed by atoms with van der Waals surface area (Å²) in [5.41, 5.74) is 1.49. The van der Waals surface area contributed by atoms with Crippen molar-refractivity contribution in [3.05, 3.63) is 47.5 Å². The summed E-state index contributed by atoms with van der Waals surface area (Å²) in [6.07, 6.45) is 0.868. The summed E-state index contributed by atoms with van der Waals surface area (Å²) in [7, 11) is 6.32. The fourth-order valence-electron chi connectivity index (χ4n) is 2.51. The van der Waals surface area contributed by atoms with Crippen molar-refractivity contribution in [2.24, 2.45) is 0 Å². The molecule has 24 heavy (non-hydrogen) atoms. The Balaban J connectivity index is 2.19. The van der Waals surface area contributed by atoms with Crippen LogP contribution in [0.2, 0.25) is 0 Å². The summed E-state index contributed by atoms with van der Waals surface area (Å²) >= 11 is 0. The summed E-state index contributed by atoms with van der Waals surface area (Å²) in [6, 6.07) is 10.8. The van der Waals surface area contributed by atoms with Crippen molar-refractivity contribution in [3.8, 4) is 23.0 Å². The molecule has 0 saturated heterocycles. The SMILES string of the molecule is COc1cccc(C(=O)CCc2cc(OC)cc(OC)c2OC)c1.